The van der Waals surface area contributed by atoms with Gasteiger partial charge in [0.15, 0.2) is 0 Å². The Labute approximate surface area is 186 Å². The van der Waals surface area contributed by atoms with Crippen molar-refractivity contribution in [2.45, 2.75) is 0 Å². The molecule has 5 rings (SSSR count). The van der Waals surface area contributed by atoms with Crippen molar-refractivity contribution in [2.75, 3.05) is 0 Å². The largest absolute Gasteiger partial charge is 0.0843 e. The summed E-state index contributed by atoms with van der Waals surface area (Å²) in [4.78, 5) is 0. The first kappa shape index (κ1) is 18.9. The Morgan fingerprint density at radius 2 is 0.767 bits per heavy atom. The van der Waals surface area contributed by atoms with Gasteiger partial charge in [0.25, 0.3) is 0 Å². The van der Waals surface area contributed by atoms with Crippen molar-refractivity contribution in [3.63, 3.8) is 0 Å². The molecule has 0 unspecified atom stereocenters. The van der Waals surface area contributed by atoms with Crippen LogP contribution in [0.4, 0.5) is 0 Å². The average Bonchev–Trinajstić information content (AvgIpc) is 2.79. The van der Waals surface area contributed by atoms with Gasteiger partial charge in [0, 0.05) is 10.0 Å². The number of benzene rings is 5. The summed E-state index contributed by atoms with van der Waals surface area (Å²) < 4.78 is 0. The molecular formula is C28H18Cl2. The van der Waals surface area contributed by atoms with Gasteiger partial charge in [0.2, 0.25) is 0 Å². The molecule has 0 aromatic heterocycles. The highest BCUT2D eigenvalue weighted by Crippen LogP contribution is 2.34. The van der Waals surface area contributed by atoms with Gasteiger partial charge in [-0.05, 0) is 92.7 Å². The van der Waals surface area contributed by atoms with E-state index in [2.05, 4.69) is 84.9 Å². The molecule has 5 aromatic rings. The van der Waals surface area contributed by atoms with Gasteiger partial charge in [-0.25, -0.2) is 0 Å². The van der Waals surface area contributed by atoms with Gasteiger partial charge >= 0.3 is 0 Å². The molecule has 0 spiro atoms. The Morgan fingerprint density at radius 3 is 1.30 bits per heavy atom. The first-order chi connectivity index (χ1) is 14.7. The van der Waals surface area contributed by atoms with Crippen LogP contribution in [0.3, 0.4) is 0 Å². The molecule has 0 amide bonds. The fourth-order valence-electron chi connectivity index (χ4n) is 3.78. The molecule has 30 heavy (non-hydrogen) atoms. The Hall–Kier alpha value is -3.06. The number of fused-ring (bicyclic) bond motifs is 1. The predicted octanol–water partition coefficient (Wildman–Crippen LogP) is 9.15. The van der Waals surface area contributed by atoms with Crippen molar-refractivity contribution in [3.05, 3.63) is 119 Å². The van der Waals surface area contributed by atoms with E-state index in [9.17, 15) is 0 Å². The molecular weight excluding hydrogens is 407 g/mol. The summed E-state index contributed by atoms with van der Waals surface area (Å²) in [6, 6.07) is 37.8. The molecule has 5 aromatic carbocycles. The van der Waals surface area contributed by atoms with E-state index in [1.807, 2.05) is 24.3 Å². The SMILES string of the molecule is Clc1ccc(-c2cc(-c3ccc(Cl)cc3)cc(-c3ccc4ccccc4c3)c2)cc1. The minimum absolute atomic E-state index is 0.738. The van der Waals surface area contributed by atoms with Gasteiger partial charge in [-0.3, -0.25) is 0 Å². The van der Waals surface area contributed by atoms with E-state index < -0.39 is 0 Å². The van der Waals surface area contributed by atoms with Crippen molar-refractivity contribution < 1.29 is 0 Å². The van der Waals surface area contributed by atoms with Crippen molar-refractivity contribution in [1.82, 2.24) is 0 Å². The van der Waals surface area contributed by atoms with Crippen LogP contribution in [-0.2, 0) is 0 Å². The van der Waals surface area contributed by atoms with E-state index in [1.54, 1.807) is 0 Å². The fraction of sp³-hybridized carbons (Fsp3) is 0. The van der Waals surface area contributed by atoms with E-state index in [0.717, 1.165) is 32.3 Å². The lowest BCUT2D eigenvalue weighted by atomic mass is 9.92. The third kappa shape index (κ3) is 3.85. The van der Waals surface area contributed by atoms with Crippen LogP contribution >= 0.6 is 23.2 Å². The zero-order valence-corrected chi connectivity index (χ0v) is 17.7. The molecule has 0 aliphatic heterocycles. The minimum Gasteiger partial charge on any atom is -0.0843 e. The smallest absolute Gasteiger partial charge is 0.0406 e. The zero-order chi connectivity index (χ0) is 20.5. The molecule has 0 atom stereocenters. The third-order valence-corrected chi connectivity index (χ3v) is 5.87. The normalized spacial score (nSPS) is 11.0. The Morgan fingerprint density at radius 1 is 0.333 bits per heavy atom. The first-order valence-electron chi connectivity index (χ1n) is 9.82. The number of rotatable bonds is 3. The lowest BCUT2D eigenvalue weighted by Gasteiger charge is -2.12. The van der Waals surface area contributed by atoms with E-state index in [0.29, 0.717) is 0 Å². The van der Waals surface area contributed by atoms with E-state index >= 15 is 0 Å². The van der Waals surface area contributed by atoms with Gasteiger partial charge in [-0.15, -0.1) is 0 Å². The Balaban J connectivity index is 1.70. The molecule has 0 bridgehead atoms. The molecule has 0 N–H and O–H groups in total. The lowest BCUT2D eigenvalue weighted by Crippen LogP contribution is -1.86. The van der Waals surface area contributed by atoms with Crippen molar-refractivity contribution >= 4 is 34.0 Å². The van der Waals surface area contributed by atoms with Gasteiger partial charge < -0.3 is 0 Å². The highest BCUT2D eigenvalue weighted by molar-refractivity contribution is 6.31. The molecule has 0 saturated heterocycles. The predicted molar refractivity (Wildman–Crippen MR) is 130 cm³/mol. The second kappa shape index (κ2) is 7.99. The fourth-order valence-corrected chi connectivity index (χ4v) is 4.03. The Kier molecular flexibility index (Phi) is 5.04. The molecule has 2 heteroatoms. The molecule has 0 saturated carbocycles. The van der Waals surface area contributed by atoms with Crippen LogP contribution in [0.15, 0.2) is 109 Å². The van der Waals surface area contributed by atoms with Gasteiger partial charge in [0.1, 0.15) is 0 Å². The van der Waals surface area contributed by atoms with Gasteiger partial charge in [-0.1, -0.05) is 83.9 Å². The zero-order valence-electron chi connectivity index (χ0n) is 16.1. The monoisotopic (exact) mass is 424 g/mol. The molecule has 0 fully saturated rings. The van der Waals surface area contributed by atoms with E-state index in [-0.39, 0.29) is 0 Å². The van der Waals surface area contributed by atoms with Gasteiger partial charge in [0.05, 0.1) is 0 Å². The summed E-state index contributed by atoms with van der Waals surface area (Å²) in [5.74, 6) is 0. The number of halogens is 2. The summed E-state index contributed by atoms with van der Waals surface area (Å²) >= 11 is 12.2. The lowest BCUT2D eigenvalue weighted by molar-refractivity contribution is 1.57. The van der Waals surface area contributed by atoms with Crippen LogP contribution in [0.25, 0.3) is 44.2 Å². The standard InChI is InChI=1S/C28H18Cl2/c29-27-11-7-20(8-12-27)24-16-25(21-9-13-28(30)14-10-21)18-26(17-24)23-6-5-19-3-1-2-4-22(19)15-23/h1-18H. The second-order valence-corrected chi connectivity index (χ2v) is 8.25. The molecule has 0 radical (unpaired) electrons. The average molecular weight is 425 g/mol. The summed E-state index contributed by atoms with van der Waals surface area (Å²) in [5.41, 5.74) is 6.96. The summed E-state index contributed by atoms with van der Waals surface area (Å²) in [6.45, 7) is 0. The van der Waals surface area contributed by atoms with Crippen LogP contribution in [0, 0.1) is 0 Å². The quantitative estimate of drug-likeness (QED) is 0.270. The molecule has 0 heterocycles. The highest BCUT2D eigenvalue weighted by Gasteiger charge is 2.08. The van der Waals surface area contributed by atoms with E-state index in [4.69, 9.17) is 23.2 Å². The van der Waals surface area contributed by atoms with Crippen molar-refractivity contribution in [1.29, 1.82) is 0 Å². The van der Waals surface area contributed by atoms with E-state index in [1.165, 1.54) is 21.9 Å². The first-order valence-corrected chi connectivity index (χ1v) is 10.6. The van der Waals surface area contributed by atoms with Crippen LogP contribution in [0.2, 0.25) is 10.0 Å². The Bertz CT molecular complexity index is 1270. The molecule has 0 nitrogen and oxygen atoms in total. The van der Waals surface area contributed by atoms with Crippen LogP contribution in [-0.4, -0.2) is 0 Å². The maximum atomic E-state index is 6.11. The minimum atomic E-state index is 0.738. The van der Waals surface area contributed by atoms with Crippen molar-refractivity contribution in [2.24, 2.45) is 0 Å². The van der Waals surface area contributed by atoms with Gasteiger partial charge in [-0.2, -0.15) is 0 Å². The maximum Gasteiger partial charge on any atom is 0.0406 e. The number of hydrogen-bond acceptors (Lipinski definition) is 0. The maximum absolute atomic E-state index is 6.11. The van der Waals surface area contributed by atoms with Crippen LogP contribution in [0.5, 0.6) is 0 Å². The third-order valence-electron chi connectivity index (χ3n) is 5.37. The summed E-state index contributed by atoms with van der Waals surface area (Å²) in [5, 5.41) is 3.96. The topological polar surface area (TPSA) is 0 Å². The molecule has 144 valence electrons. The molecule has 0 aliphatic rings. The van der Waals surface area contributed by atoms with Crippen molar-refractivity contribution in [3.8, 4) is 33.4 Å². The number of hydrogen-bond donors (Lipinski definition) is 0. The second-order valence-electron chi connectivity index (χ2n) is 7.37. The highest BCUT2D eigenvalue weighted by atomic mass is 35.5. The molecule has 0 aliphatic carbocycles. The van der Waals surface area contributed by atoms with Crippen LogP contribution < -0.4 is 0 Å². The summed E-state index contributed by atoms with van der Waals surface area (Å²) in [6.07, 6.45) is 0. The summed E-state index contributed by atoms with van der Waals surface area (Å²) in [7, 11) is 0. The van der Waals surface area contributed by atoms with Crippen LogP contribution in [0.1, 0.15) is 0 Å².